The Kier molecular flexibility index (Phi) is 3.32. The monoisotopic (exact) mass is 201 g/mol. The number of nitriles is 1. The SMILES string of the molecule is COc1ccc(C#CC#N)cc1C(=O)O. The molecule has 0 aliphatic rings. The molecule has 1 aromatic rings. The summed E-state index contributed by atoms with van der Waals surface area (Å²) in [7, 11) is 1.39. The molecule has 1 N–H and O–H groups in total. The topological polar surface area (TPSA) is 70.3 Å². The summed E-state index contributed by atoms with van der Waals surface area (Å²) in [5.41, 5.74) is 0.497. The molecule has 0 aliphatic heterocycles. The normalized spacial score (nSPS) is 8.27. The Morgan fingerprint density at radius 2 is 2.27 bits per heavy atom. The van der Waals surface area contributed by atoms with E-state index in [4.69, 9.17) is 15.1 Å². The van der Waals surface area contributed by atoms with Gasteiger partial charge in [0.2, 0.25) is 0 Å². The number of nitrogens with zero attached hydrogens (tertiary/aromatic N) is 1. The fourth-order valence-electron chi connectivity index (χ4n) is 1.05. The zero-order chi connectivity index (χ0) is 11.3. The van der Waals surface area contributed by atoms with Crippen LogP contribution >= 0.6 is 0 Å². The highest BCUT2D eigenvalue weighted by Crippen LogP contribution is 2.19. The molecule has 4 heteroatoms. The van der Waals surface area contributed by atoms with Crippen LogP contribution in [0.5, 0.6) is 5.75 Å². The van der Waals surface area contributed by atoms with Gasteiger partial charge in [-0.3, -0.25) is 0 Å². The van der Waals surface area contributed by atoms with E-state index in [0.717, 1.165) is 0 Å². The number of carboxylic acid groups (broad SMARTS) is 1. The van der Waals surface area contributed by atoms with Gasteiger partial charge >= 0.3 is 5.97 Å². The van der Waals surface area contributed by atoms with E-state index in [-0.39, 0.29) is 11.3 Å². The van der Waals surface area contributed by atoms with Gasteiger partial charge in [-0.25, -0.2) is 4.79 Å². The second-order valence-corrected chi connectivity index (χ2v) is 2.58. The van der Waals surface area contributed by atoms with Crippen LogP contribution in [0.15, 0.2) is 18.2 Å². The predicted octanol–water partition coefficient (Wildman–Crippen LogP) is 1.27. The van der Waals surface area contributed by atoms with Gasteiger partial charge in [0, 0.05) is 11.5 Å². The van der Waals surface area contributed by atoms with Gasteiger partial charge in [0.1, 0.15) is 11.3 Å². The lowest BCUT2D eigenvalue weighted by Gasteiger charge is -2.04. The van der Waals surface area contributed by atoms with Crippen LogP contribution in [-0.4, -0.2) is 18.2 Å². The van der Waals surface area contributed by atoms with Crippen molar-refractivity contribution in [2.45, 2.75) is 0 Å². The summed E-state index contributed by atoms with van der Waals surface area (Å²) in [4.78, 5) is 10.8. The third-order valence-electron chi connectivity index (χ3n) is 1.69. The Balaban J connectivity index is 3.23. The molecular formula is C11H7NO3. The van der Waals surface area contributed by atoms with Crippen LogP contribution in [0, 0.1) is 23.2 Å². The van der Waals surface area contributed by atoms with Crippen LogP contribution in [0.25, 0.3) is 0 Å². The third kappa shape index (κ3) is 2.49. The molecule has 0 amide bonds. The van der Waals surface area contributed by atoms with E-state index in [1.807, 2.05) is 0 Å². The second-order valence-electron chi connectivity index (χ2n) is 2.58. The molecule has 0 aliphatic carbocycles. The van der Waals surface area contributed by atoms with Crippen LogP contribution in [0.3, 0.4) is 0 Å². The number of carbonyl (C=O) groups is 1. The van der Waals surface area contributed by atoms with Crippen LogP contribution < -0.4 is 4.74 Å². The molecule has 0 unspecified atom stereocenters. The summed E-state index contributed by atoms with van der Waals surface area (Å²) in [6.07, 6.45) is 0. The molecule has 4 nitrogen and oxygen atoms in total. The molecule has 0 atom stereocenters. The number of benzene rings is 1. The second kappa shape index (κ2) is 4.69. The van der Waals surface area contributed by atoms with Crippen molar-refractivity contribution >= 4 is 5.97 Å². The molecule has 74 valence electrons. The van der Waals surface area contributed by atoms with E-state index in [1.165, 1.54) is 19.2 Å². The molecular weight excluding hydrogens is 194 g/mol. The standard InChI is InChI=1S/C11H7NO3/c1-15-10-5-4-8(3-2-6-12)7-9(10)11(13)14/h4-5,7H,1H3,(H,13,14). The van der Waals surface area contributed by atoms with Crippen LogP contribution in [0.4, 0.5) is 0 Å². The first kappa shape index (κ1) is 10.6. The molecule has 1 rings (SSSR count). The van der Waals surface area contributed by atoms with Crippen molar-refractivity contribution in [1.82, 2.24) is 0 Å². The van der Waals surface area contributed by atoms with Crippen molar-refractivity contribution in [2.75, 3.05) is 7.11 Å². The number of methoxy groups -OCH3 is 1. The molecule has 0 aromatic heterocycles. The van der Waals surface area contributed by atoms with Crippen molar-refractivity contribution in [2.24, 2.45) is 0 Å². The number of hydrogen-bond donors (Lipinski definition) is 1. The van der Waals surface area contributed by atoms with Gasteiger partial charge in [-0.1, -0.05) is 5.92 Å². The van der Waals surface area contributed by atoms with E-state index in [9.17, 15) is 4.79 Å². The maximum absolute atomic E-state index is 10.8. The lowest BCUT2D eigenvalue weighted by molar-refractivity contribution is 0.0693. The Hall–Kier alpha value is -2.46. The first-order valence-electron chi connectivity index (χ1n) is 4.00. The van der Waals surface area contributed by atoms with Crippen molar-refractivity contribution in [3.8, 4) is 23.7 Å². The van der Waals surface area contributed by atoms with Crippen molar-refractivity contribution in [3.05, 3.63) is 29.3 Å². The highest BCUT2D eigenvalue weighted by molar-refractivity contribution is 5.91. The van der Waals surface area contributed by atoms with Crippen LogP contribution in [0.1, 0.15) is 15.9 Å². The fraction of sp³-hybridized carbons (Fsp3) is 0.0909. The number of hydrogen-bond acceptors (Lipinski definition) is 3. The van der Waals surface area contributed by atoms with Gasteiger partial charge in [-0.2, -0.15) is 5.26 Å². The summed E-state index contributed by atoms with van der Waals surface area (Å²) >= 11 is 0. The van der Waals surface area contributed by atoms with Gasteiger partial charge in [-0.05, 0) is 18.2 Å². The highest BCUT2D eigenvalue weighted by Gasteiger charge is 2.10. The van der Waals surface area contributed by atoms with Crippen molar-refractivity contribution < 1.29 is 14.6 Å². The van der Waals surface area contributed by atoms with E-state index < -0.39 is 5.97 Å². The largest absolute Gasteiger partial charge is 0.496 e. The van der Waals surface area contributed by atoms with E-state index >= 15 is 0 Å². The van der Waals surface area contributed by atoms with Crippen LogP contribution in [0.2, 0.25) is 0 Å². The summed E-state index contributed by atoms with van der Waals surface area (Å²) in [6, 6.07) is 6.12. The van der Waals surface area contributed by atoms with E-state index in [1.54, 1.807) is 12.1 Å². The molecule has 0 heterocycles. The molecule has 0 saturated carbocycles. The van der Waals surface area contributed by atoms with E-state index in [2.05, 4.69) is 11.8 Å². The minimum absolute atomic E-state index is 0.0299. The Morgan fingerprint density at radius 1 is 1.53 bits per heavy atom. The Bertz CT molecular complexity index is 489. The zero-order valence-electron chi connectivity index (χ0n) is 7.94. The van der Waals surface area contributed by atoms with Gasteiger partial charge in [-0.15, -0.1) is 0 Å². The van der Waals surface area contributed by atoms with Gasteiger partial charge in [0.05, 0.1) is 7.11 Å². The summed E-state index contributed by atoms with van der Waals surface area (Å²) < 4.78 is 4.87. The summed E-state index contributed by atoms with van der Waals surface area (Å²) in [5, 5.41) is 17.1. The van der Waals surface area contributed by atoms with Gasteiger partial charge < -0.3 is 9.84 Å². The minimum atomic E-state index is -1.09. The number of ether oxygens (including phenoxy) is 1. The van der Waals surface area contributed by atoms with Gasteiger partial charge in [0.15, 0.2) is 6.07 Å². The summed E-state index contributed by atoms with van der Waals surface area (Å²) in [6.45, 7) is 0. The predicted molar refractivity (Wildman–Crippen MR) is 52.4 cm³/mol. The third-order valence-corrected chi connectivity index (χ3v) is 1.69. The highest BCUT2D eigenvalue weighted by atomic mass is 16.5. The average molecular weight is 201 g/mol. The number of carboxylic acids is 1. The molecule has 1 aromatic carbocycles. The minimum Gasteiger partial charge on any atom is -0.496 e. The molecule has 0 fully saturated rings. The quantitative estimate of drug-likeness (QED) is 0.731. The maximum atomic E-state index is 10.8. The molecule has 0 spiro atoms. The number of aromatic carboxylic acids is 1. The summed E-state index contributed by atoms with van der Waals surface area (Å²) in [5.74, 6) is 3.88. The molecule has 0 radical (unpaired) electrons. The Morgan fingerprint density at radius 3 is 2.80 bits per heavy atom. The van der Waals surface area contributed by atoms with Gasteiger partial charge in [0.25, 0.3) is 0 Å². The molecule has 0 bridgehead atoms. The molecule has 15 heavy (non-hydrogen) atoms. The smallest absolute Gasteiger partial charge is 0.339 e. The first-order chi connectivity index (χ1) is 7.19. The Labute approximate surface area is 86.7 Å². The maximum Gasteiger partial charge on any atom is 0.339 e. The van der Waals surface area contributed by atoms with Crippen molar-refractivity contribution in [1.29, 1.82) is 5.26 Å². The van der Waals surface area contributed by atoms with Crippen LogP contribution in [-0.2, 0) is 0 Å². The fourth-order valence-corrected chi connectivity index (χ4v) is 1.05. The lowest BCUT2D eigenvalue weighted by Crippen LogP contribution is -2.00. The molecule has 0 saturated heterocycles. The lowest BCUT2D eigenvalue weighted by atomic mass is 10.1. The number of rotatable bonds is 2. The van der Waals surface area contributed by atoms with Crippen molar-refractivity contribution in [3.63, 3.8) is 0 Å². The zero-order valence-corrected chi connectivity index (χ0v) is 7.94. The first-order valence-corrected chi connectivity index (χ1v) is 4.00. The average Bonchev–Trinajstić information content (AvgIpc) is 2.25. The van der Waals surface area contributed by atoms with E-state index in [0.29, 0.717) is 5.56 Å².